The molecule has 0 N–H and O–H groups in total. The summed E-state index contributed by atoms with van der Waals surface area (Å²) < 4.78 is 2.30. The third-order valence-corrected chi connectivity index (χ3v) is 2.68. The van der Waals surface area contributed by atoms with E-state index in [2.05, 4.69) is 31.2 Å². The topological polar surface area (TPSA) is 43.6 Å². The molecule has 0 saturated heterocycles. The van der Waals surface area contributed by atoms with E-state index in [1.54, 1.807) is 17.1 Å². The Bertz CT molecular complexity index is 359. The smallest absolute Gasteiger partial charge is 0.211 e. The van der Waals surface area contributed by atoms with E-state index in [1.165, 1.54) is 11.3 Å². The lowest BCUT2D eigenvalue weighted by atomic mass is 10.7. The highest BCUT2D eigenvalue weighted by Gasteiger charge is 2.04. The minimum absolute atomic E-state index is 0.585. The molecular formula is C5H2BrClN4S. The van der Waals surface area contributed by atoms with Crippen molar-refractivity contribution in [2.75, 3.05) is 0 Å². The second kappa shape index (κ2) is 3.12. The first-order valence-corrected chi connectivity index (χ1v) is 4.94. The van der Waals surface area contributed by atoms with Gasteiger partial charge >= 0.3 is 0 Å². The zero-order chi connectivity index (χ0) is 8.55. The Balaban J connectivity index is 2.43. The van der Waals surface area contributed by atoms with Crippen molar-refractivity contribution >= 4 is 38.9 Å². The number of halogens is 2. The van der Waals surface area contributed by atoms with Gasteiger partial charge < -0.3 is 0 Å². The SMILES string of the molecule is Clc1cnn(-c2nnc(Br)s2)c1. The van der Waals surface area contributed by atoms with Gasteiger partial charge in [-0.05, 0) is 15.9 Å². The highest BCUT2D eigenvalue weighted by atomic mass is 79.9. The molecule has 12 heavy (non-hydrogen) atoms. The molecule has 0 saturated carbocycles. The molecule has 2 heterocycles. The van der Waals surface area contributed by atoms with Crippen LogP contribution in [-0.2, 0) is 0 Å². The predicted octanol–water partition coefficient (Wildman–Crippen LogP) is 2.14. The van der Waals surface area contributed by atoms with Gasteiger partial charge in [0.05, 0.1) is 17.4 Å². The maximum Gasteiger partial charge on any atom is 0.233 e. The fourth-order valence-electron chi connectivity index (χ4n) is 0.696. The molecule has 0 aliphatic rings. The van der Waals surface area contributed by atoms with Crippen LogP contribution < -0.4 is 0 Å². The molecular weight excluding hydrogens is 264 g/mol. The van der Waals surface area contributed by atoms with Gasteiger partial charge in [0.1, 0.15) is 0 Å². The summed E-state index contributed by atoms with van der Waals surface area (Å²) in [4.78, 5) is 0. The molecule has 7 heteroatoms. The first-order valence-electron chi connectivity index (χ1n) is 2.95. The van der Waals surface area contributed by atoms with Gasteiger partial charge in [0.2, 0.25) is 5.13 Å². The molecule has 0 atom stereocenters. The van der Waals surface area contributed by atoms with E-state index < -0.39 is 0 Å². The van der Waals surface area contributed by atoms with Crippen LogP contribution in [0.25, 0.3) is 5.13 Å². The third-order valence-electron chi connectivity index (χ3n) is 1.14. The Morgan fingerprint density at radius 2 is 2.33 bits per heavy atom. The highest BCUT2D eigenvalue weighted by molar-refractivity contribution is 9.11. The molecule has 0 amide bonds. The van der Waals surface area contributed by atoms with Gasteiger partial charge in [-0.15, -0.1) is 10.2 Å². The molecule has 62 valence electrons. The van der Waals surface area contributed by atoms with E-state index in [4.69, 9.17) is 11.6 Å². The van der Waals surface area contributed by atoms with Crippen LogP contribution in [0.15, 0.2) is 16.3 Å². The van der Waals surface area contributed by atoms with Gasteiger partial charge in [-0.2, -0.15) is 5.10 Å². The Morgan fingerprint density at radius 3 is 2.83 bits per heavy atom. The highest BCUT2D eigenvalue weighted by Crippen LogP contribution is 2.19. The van der Waals surface area contributed by atoms with Crippen LogP contribution in [0.1, 0.15) is 0 Å². The van der Waals surface area contributed by atoms with Crippen LogP contribution in [0, 0.1) is 0 Å². The van der Waals surface area contributed by atoms with Gasteiger partial charge in [0.15, 0.2) is 3.92 Å². The van der Waals surface area contributed by atoms with Gasteiger partial charge in [0, 0.05) is 0 Å². The van der Waals surface area contributed by atoms with Crippen molar-refractivity contribution in [3.8, 4) is 5.13 Å². The first kappa shape index (κ1) is 8.15. The molecule has 0 spiro atoms. The van der Waals surface area contributed by atoms with Crippen molar-refractivity contribution in [2.45, 2.75) is 0 Å². The second-order valence-electron chi connectivity index (χ2n) is 1.94. The number of aromatic nitrogens is 4. The van der Waals surface area contributed by atoms with E-state index in [9.17, 15) is 0 Å². The third kappa shape index (κ3) is 1.50. The van der Waals surface area contributed by atoms with Gasteiger partial charge in [-0.3, -0.25) is 0 Å². The maximum atomic E-state index is 5.68. The van der Waals surface area contributed by atoms with Crippen LogP contribution in [0.3, 0.4) is 0 Å². The van der Waals surface area contributed by atoms with Crippen molar-refractivity contribution in [1.82, 2.24) is 20.0 Å². The standard InChI is InChI=1S/C5H2BrClN4S/c6-4-9-10-5(12-4)11-2-3(7)1-8-11/h1-2H. The maximum absolute atomic E-state index is 5.68. The lowest BCUT2D eigenvalue weighted by Crippen LogP contribution is -1.92. The Kier molecular flexibility index (Phi) is 2.12. The zero-order valence-electron chi connectivity index (χ0n) is 5.61. The summed E-state index contributed by atoms with van der Waals surface area (Å²) >= 11 is 10.3. The molecule has 4 nitrogen and oxygen atoms in total. The fraction of sp³-hybridized carbons (Fsp3) is 0. The molecule has 0 aliphatic heterocycles. The summed E-state index contributed by atoms with van der Waals surface area (Å²) in [5, 5.41) is 12.9. The molecule has 2 aromatic heterocycles. The largest absolute Gasteiger partial charge is 0.233 e. The molecule has 2 aromatic rings. The number of rotatable bonds is 1. The lowest BCUT2D eigenvalue weighted by Gasteiger charge is -1.88. The lowest BCUT2D eigenvalue weighted by molar-refractivity contribution is 0.845. The summed E-state index contributed by atoms with van der Waals surface area (Å²) in [5.74, 6) is 0. The predicted molar refractivity (Wildman–Crippen MR) is 49.7 cm³/mol. The van der Waals surface area contributed by atoms with Crippen molar-refractivity contribution < 1.29 is 0 Å². The van der Waals surface area contributed by atoms with E-state index >= 15 is 0 Å². The molecule has 0 radical (unpaired) electrons. The van der Waals surface area contributed by atoms with Crippen LogP contribution in [0.2, 0.25) is 5.02 Å². The van der Waals surface area contributed by atoms with Crippen molar-refractivity contribution in [2.24, 2.45) is 0 Å². The van der Waals surface area contributed by atoms with Crippen LogP contribution in [0.4, 0.5) is 0 Å². The molecule has 0 unspecified atom stereocenters. The van der Waals surface area contributed by atoms with Crippen molar-refractivity contribution in [1.29, 1.82) is 0 Å². The summed E-state index contributed by atoms with van der Waals surface area (Å²) in [7, 11) is 0. The van der Waals surface area contributed by atoms with E-state index in [-0.39, 0.29) is 0 Å². The average molecular weight is 266 g/mol. The summed E-state index contributed by atoms with van der Waals surface area (Å²) in [6.45, 7) is 0. The summed E-state index contributed by atoms with van der Waals surface area (Å²) in [6.07, 6.45) is 3.23. The van der Waals surface area contributed by atoms with Crippen LogP contribution in [0.5, 0.6) is 0 Å². The molecule has 0 aromatic carbocycles. The zero-order valence-corrected chi connectivity index (χ0v) is 8.77. The summed E-state index contributed by atoms with van der Waals surface area (Å²) in [5.41, 5.74) is 0. The minimum atomic E-state index is 0.585. The van der Waals surface area contributed by atoms with E-state index in [0.717, 1.165) is 3.92 Å². The van der Waals surface area contributed by atoms with E-state index in [0.29, 0.717) is 10.2 Å². The molecule has 0 aliphatic carbocycles. The van der Waals surface area contributed by atoms with Crippen molar-refractivity contribution in [3.05, 3.63) is 21.3 Å². The monoisotopic (exact) mass is 264 g/mol. The second-order valence-corrected chi connectivity index (χ2v) is 4.61. The molecule has 0 bridgehead atoms. The van der Waals surface area contributed by atoms with E-state index in [1.807, 2.05) is 0 Å². The number of hydrogen-bond donors (Lipinski definition) is 0. The van der Waals surface area contributed by atoms with Gasteiger partial charge in [-0.25, -0.2) is 4.68 Å². The molecule has 0 fully saturated rings. The first-order chi connectivity index (χ1) is 5.75. The number of nitrogens with zero attached hydrogens (tertiary/aromatic N) is 4. The summed E-state index contributed by atoms with van der Waals surface area (Å²) in [6, 6.07) is 0. The Morgan fingerprint density at radius 1 is 1.50 bits per heavy atom. The quantitative estimate of drug-likeness (QED) is 0.793. The van der Waals surface area contributed by atoms with Crippen LogP contribution >= 0.6 is 38.9 Å². The normalized spacial score (nSPS) is 10.5. The fourth-order valence-corrected chi connectivity index (χ4v) is 1.85. The Labute approximate surface area is 85.3 Å². The minimum Gasteiger partial charge on any atom is -0.211 e. The Hall–Kier alpha value is -0.460. The number of hydrogen-bond acceptors (Lipinski definition) is 4. The van der Waals surface area contributed by atoms with Gasteiger partial charge in [0.25, 0.3) is 0 Å². The average Bonchev–Trinajstić information content (AvgIpc) is 2.58. The molecule has 2 rings (SSSR count). The van der Waals surface area contributed by atoms with Crippen LogP contribution in [-0.4, -0.2) is 20.0 Å². The van der Waals surface area contributed by atoms with Gasteiger partial charge in [-0.1, -0.05) is 22.9 Å². The van der Waals surface area contributed by atoms with Crippen molar-refractivity contribution in [3.63, 3.8) is 0 Å².